The van der Waals surface area contributed by atoms with E-state index in [4.69, 9.17) is 0 Å². The monoisotopic (exact) mass is 310 g/mol. The van der Waals surface area contributed by atoms with Gasteiger partial charge in [0, 0.05) is 24.2 Å². The fraction of sp³-hybridized carbons (Fsp3) is 0.105. The summed E-state index contributed by atoms with van der Waals surface area (Å²) in [5.74, 6) is 0. The number of benzene rings is 2. The number of halogens is 1. The Labute approximate surface area is 137 Å². The first-order valence-corrected chi connectivity index (χ1v) is 7.10. The first kappa shape index (κ1) is 16.1. The summed E-state index contributed by atoms with van der Waals surface area (Å²) < 4.78 is 2.17. The molecule has 112 valence electrons. The molecule has 0 fully saturated rings. The molecular weight excluding hydrogens is 292 g/mol. The maximum absolute atomic E-state index is 4.48. The average Bonchev–Trinajstić information content (AvgIpc) is 2.85. The molecule has 0 aliphatic heterocycles. The summed E-state index contributed by atoms with van der Waals surface area (Å²) in [6.45, 7) is 0.691. The molecule has 3 heteroatoms. The Balaban J connectivity index is 0.00000176. The van der Waals surface area contributed by atoms with E-state index in [2.05, 4.69) is 71.2 Å². The number of hydrogen-bond acceptors (Lipinski definition) is 1. The quantitative estimate of drug-likeness (QED) is 0.620. The Bertz CT molecular complexity index is 786. The highest BCUT2D eigenvalue weighted by Gasteiger charge is 2.01. The summed E-state index contributed by atoms with van der Waals surface area (Å²) in [5, 5.41) is 1.25. The van der Waals surface area contributed by atoms with E-state index in [0.717, 1.165) is 5.69 Å². The number of rotatable bonds is 4. The molecule has 0 spiro atoms. The lowest BCUT2D eigenvalue weighted by Crippen LogP contribution is -1.94. The lowest BCUT2D eigenvalue weighted by Gasteiger charge is -1.98. The molecule has 0 atom stereocenters. The molecule has 0 radical (unpaired) electrons. The van der Waals surface area contributed by atoms with Gasteiger partial charge in [0.25, 0.3) is 0 Å². The van der Waals surface area contributed by atoms with Crippen LogP contribution >= 0.6 is 12.4 Å². The van der Waals surface area contributed by atoms with Gasteiger partial charge in [-0.05, 0) is 17.7 Å². The normalized spacial score (nSPS) is 11.3. The molecule has 0 saturated heterocycles. The van der Waals surface area contributed by atoms with E-state index in [1.807, 2.05) is 24.4 Å². The number of hydrogen-bond donors (Lipinski definition) is 0. The van der Waals surface area contributed by atoms with Crippen molar-refractivity contribution in [1.82, 2.24) is 4.57 Å². The Morgan fingerprint density at radius 2 is 1.73 bits per heavy atom. The maximum atomic E-state index is 4.48. The van der Waals surface area contributed by atoms with Crippen molar-refractivity contribution in [2.24, 2.45) is 12.0 Å². The van der Waals surface area contributed by atoms with E-state index in [-0.39, 0.29) is 12.4 Å². The Kier molecular flexibility index (Phi) is 5.56. The van der Waals surface area contributed by atoms with Crippen LogP contribution in [0, 0.1) is 0 Å². The number of aryl methyl sites for hydroxylation is 1. The van der Waals surface area contributed by atoms with Crippen LogP contribution in [0.25, 0.3) is 17.0 Å². The van der Waals surface area contributed by atoms with Crippen LogP contribution in [0.15, 0.2) is 71.7 Å². The third-order valence-corrected chi connectivity index (χ3v) is 3.53. The summed E-state index contributed by atoms with van der Waals surface area (Å²) in [5.41, 5.74) is 3.57. The van der Waals surface area contributed by atoms with Crippen LogP contribution in [-0.2, 0) is 7.05 Å². The Morgan fingerprint density at radius 3 is 2.50 bits per heavy atom. The fourth-order valence-electron chi connectivity index (χ4n) is 2.39. The van der Waals surface area contributed by atoms with Crippen LogP contribution in [0.3, 0.4) is 0 Å². The SMILES string of the molecule is Cl.Cn1c(C=NC/C=C/c2ccccc2)cc2ccccc21. The number of nitrogens with zero attached hydrogens (tertiary/aromatic N) is 2. The van der Waals surface area contributed by atoms with Gasteiger partial charge in [-0.3, -0.25) is 4.99 Å². The van der Waals surface area contributed by atoms with Crippen LogP contribution in [0.1, 0.15) is 11.3 Å². The average molecular weight is 311 g/mol. The lowest BCUT2D eigenvalue weighted by atomic mass is 10.2. The first-order chi connectivity index (χ1) is 10.3. The minimum absolute atomic E-state index is 0. The minimum Gasteiger partial charge on any atom is -0.343 e. The predicted octanol–water partition coefficient (Wildman–Crippen LogP) is 4.73. The van der Waals surface area contributed by atoms with Crippen molar-refractivity contribution in [3.05, 3.63) is 78.0 Å². The van der Waals surface area contributed by atoms with Crippen molar-refractivity contribution in [1.29, 1.82) is 0 Å². The van der Waals surface area contributed by atoms with E-state index in [1.165, 1.54) is 16.5 Å². The van der Waals surface area contributed by atoms with Gasteiger partial charge in [-0.25, -0.2) is 0 Å². The first-order valence-electron chi connectivity index (χ1n) is 7.10. The predicted molar refractivity (Wildman–Crippen MR) is 98.1 cm³/mol. The van der Waals surface area contributed by atoms with Gasteiger partial charge in [0.2, 0.25) is 0 Å². The fourth-order valence-corrected chi connectivity index (χ4v) is 2.39. The smallest absolute Gasteiger partial charge is 0.0596 e. The molecule has 1 heterocycles. The van der Waals surface area contributed by atoms with Gasteiger partial charge in [0.15, 0.2) is 0 Å². The third kappa shape index (κ3) is 3.66. The third-order valence-electron chi connectivity index (χ3n) is 3.53. The zero-order valence-electron chi connectivity index (χ0n) is 12.5. The highest BCUT2D eigenvalue weighted by atomic mass is 35.5. The minimum atomic E-state index is 0. The van der Waals surface area contributed by atoms with Crippen molar-refractivity contribution in [3.63, 3.8) is 0 Å². The van der Waals surface area contributed by atoms with E-state index in [1.54, 1.807) is 0 Å². The summed E-state index contributed by atoms with van der Waals surface area (Å²) in [7, 11) is 2.07. The standard InChI is InChI=1S/C19H18N2.ClH/c1-21-18(14-17-11-5-6-12-19(17)21)15-20-13-7-10-16-8-3-2-4-9-16;/h2-12,14-15H,13H2,1H3;1H/b10-7+,20-15?;. The Morgan fingerprint density at radius 1 is 1.00 bits per heavy atom. The van der Waals surface area contributed by atoms with Gasteiger partial charge in [-0.15, -0.1) is 12.4 Å². The van der Waals surface area contributed by atoms with E-state index >= 15 is 0 Å². The zero-order valence-corrected chi connectivity index (χ0v) is 13.3. The summed E-state index contributed by atoms with van der Waals surface area (Å²) >= 11 is 0. The molecule has 0 amide bonds. The highest BCUT2D eigenvalue weighted by molar-refractivity contribution is 5.90. The van der Waals surface area contributed by atoms with Gasteiger partial charge in [0.05, 0.1) is 12.2 Å². The van der Waals surface area contributed by atoms with Gasteiger partial charge in [-0.1, -0.05) is 60.7 Å². The number of aliphatic imine (C=N–C) groups is 1. The summed E-state index contributed by atoms with van der Waals surface area (Å²) in [6.07, 6.45) is 6.11. The molecule has 3 rings (SSSR count). The van der Waals surface area contributed by atoms with Crippen LogP contribution in [0.4, 0.5) is 0 Å². The largest absolute Gasteiger partial charge is 0.343 e. The van der Waals surface area contributed by atoms with Crippen LogP contribution in [0.2, 0.25) is 0 Å². The van der Waals surface area contributed by atoms with E-state index < -0.39 is 0 Å². The highest BCUT2D eigenvalue weighted by Crippen LogP contribution is 2.16. The lowest BCUT2D eigenvalue weighted by molar-refractivity contribution is 0.957. The van der Waals surface area contributed by atoms with Gasteiger partial charge in [-0.2, -0.15) is 0 Å². The molecular formula is C19H19ClN2. The van der Waals surface area contributed by atoms with Crippen molar-refractivity contribution >= 4 is 35.6 Å². The maximum Gasteiger partial charge on any atom is 0.0596 e. The molecule has 22 heavy (non-hydrogen) atoms. The van der Waals surface area contributed by atoms with Gasteiger partial charge >= 0.3 is 0 Å². The second-order valence-corrected chi connectivity index (χ2v) is 4.99. The topological polar surface area (TPSA) is 17.3 Å². The Hall–Kier alpha value is -2.32. The molecule has 0 N–H and O–H groups in total. The van der Waals surface area contributed by atoms with Crippen LogP contribution in [-0.4, -0.2) is 17.3 Å². The molecule has 0 saturated carbocycles. The van der Waals surface area contributed by atoms with E-state index in [9.17, 15) is 0 Å². The molecule has 0 aliphatic rings. The van der Waals surface area contributed by atoms with Crippen LogP contribution in [0.5, 0.6) is 0 Å². The molecule has 0 unspecified atom stereocenters. The zero-order chi connectivity index (χ0) is 14.5. The van der Waals surface area contributed by atoms with E-state index in [0.29, 0.717) is 6.54 Å². The second-order valence-electron chi connectivity index (χ2n) is 4.99. The second kappa shape index (κ2) is 7.62. The molecule has 0 aliphatic carbocycles. The summed E-state index contributed by atoms with van der Waals surface area (Å²) in [6, 6.07) is 20.8. The molecule has 1 aromatic heterocycles. The van der Waals surface area contributed by atoms with Crippen molar-refractivity contribution in [2.45, 2.75) is 0 Å². The molecule has 3 aromatic rings. The number of fused-ring (bicyclic) bond motifs is 1. The van der Waals surface area contributed by atoms with Crippen molar-refractivity contribution < 1.29 is 0 Å². The van der Waals surface area contributed by atoms with Crippen molar-refractivity contribution in [2.75, 3.05) is 6.54 Å². The molecule has 0 bridgehead atoms. The molecule has 2 aromatic carbocycles. The number of aromatic nitrogens is 1. The molecule has 2 nitrogen and oxygen atoms in total. The van der Waals surface area contributed by atoms with Crippen molar-refractivity contribution in [3.8, 4) is 0 Å². The van der Waals surface area contributed by atoms with Crippen LogP contribution < -0.4 is 0 Å². The summed E-state index contributed by atoms with van der Waals surface area (Å²) in [4.78, 5) is 4.48. The number of para-hydroxylation sites is 1. The van der Waals surface area contributed by atoms with Gasteiger partial charge < -0.3 is 4.57 Å². The van der Waals surface area contributed by atoms with Gasteiger partial charge in [0.1, 0.15) is 0 Å².